The van der Waals surface area contributed by atoms with Crippen LogP contribution in [-0.4, -0.2) is 91.3 Å². The summed E-state index contributed by atoms with van der Waals surface area (Å²) in [4.78, 5) is 50.1. The Bertz CT molecular complexity index is 2210. The molecule has 5 N–H and O–H groups in total. The Kier molecular flexibility index (Phi) is 12.9. The van der Waals surface area contributed by atoms with Crippen LogP contribution >= 0.6 is 18.7 Å². The van der Waals surface area contributed by atoms with Gasteiger partial charge in [0.2, 0.25) is 17.8 Å². The molecule has 4 heterocycles. The minimum Gasteiger partial charge on any atom is -0.494 e. The van der Waals surface area contributed by atoms with Gasteiger partial charge in [0.25, 0.3) is 5.91 Å². The highest BCUT2D eigenvalue weighted by Crippen LogP contribution is 2.39. The van der Waals surface area contributed by atoms with Crippen LogP contribution in [0.25, 0.3) is 0 Å². The van der Waals surface area contributed by atoms with Crippen molar-refractivity contribution in [1.82, 2.24) is 25.5 Å². The average Bonchev–Trinajstić information content (AvgIpc) is 3.55. The molecule has 0 radical (unpaired) electrons. The number of aromatic nitrogens is 2. The first-order chi connectivity index (χ1) is 28.0. The van der Waals surface area contributed by atoms with E-state index in [-0.39, 0.29) is 18.2 Å². The van der Waals surface area contributed by atoms with Crippen LogP contribution < -0.4 is 41.5 Å². The highest BCUT2D eigenvalue weighted by Gasteiger charge is 2.39. The van der Waals surface area contributed by atoms with E-state index in [1.54, 1.807) is 25.3 Å². The highest BCUT2D eigenvalue weighted by atomic mass is 35.5. The van der Waals surface area contributed by atoms with Gasteiger partial charge in [-0.2, -0.15) is 4.98 Å². The zero-order valence-electron chi connectivity index (χ0n) is 33.1. The SMILES string of the molecule is COc1cc(N2CCC(NCCCCCNc3cccc4c3CN(C3CCC(=O)NC3=O)C4=O)CC2)ccc1Nc1ncc(Cl)c(Nc2ccccc2P(C)(C)=O)n1. The smallest absolute Gasteiger partial charge is 0.255 e. The van der Waals surface area contributed by atoms with Crippen molar-refractivity contribution < 1.29 is 23.7 Å². The molecule has 3 aromatic carbocycles. The Balaban J connectivity index is 0.835. The van der Waals surface area contributed by atoms with Crippen LogP contribution in [0.1, 0.15) is 60.9 Å². The lowest BCUT2D eigenvalue weighted by molar-refractivity contribution is -0.136. The maximum atomic E-state index is 13.1. The molecule has 7 rings (SSSR count). The van der Waals surface area contributed by atoms with Gasteiger partial charge in [0, 0.05) is 72.5 Å². The lowest BCUT2D eigenvalue weighted by Gasteiger charge is -2.34. The van der Waals surface area contributed by atoms with Crippen molar-refractivity contribution in [3.63, 3.8) is 0 Å². The summed E-state index contributed by atoms with van der Waals surface area (Å²) in [6.07, 6.45) is 7.35. The summed E-state index contributed by atoms with van der Waals surface area (Å²) in [5.74, 6) is 0.572. The largest absolute Gasteiger partial charge is 0.494 e. The van der Waals surface area contributed by atoms with E-state index in [2.05, 4.69) is 47.5 Å². The minimum absolute atomic E-state index is 0.157. The lowest BCUT2D eigenvalue weighted by atomic mass is 10.0. The van der Waals surface area contributed by atoms with E-state index in [0.29, 0.717) is 58.1 Å². The van der Waals surface area contributed by atoms with Crippen molar-refractivity contribution in [1.29, 1.82) is 0 Å². The number of carbonyl (C=O) groups is 3. The number of hydrogen-bond acceptors (Lipinski definition) is 12. The Hall–Kier alpha value is -5.17. The molecule has 0 bridgehead atoms. The topological polar surface area (TPSA) is 170 Å². The first kappa shape index (κ1) is 41.0. The minimum atomic E-state index is -2.54. The van der Waals surface area contributed by atoms with Crippen LogP contribution in [0.4, 0.5) is 34.5 Å². The van der Waals surface area contributed by atoms with Crippen molar-refractivity contribution >= 4 is 76.3 Å². The number of nitrogens with one attached hydrogen (secondary N) is 5. The third kappa shape index (κ3) is 9.57. The van der Waals surface area contributed by atoms with E-state index in [1.165, 1.54) is 6.20 Å². The maximum absolute atomic E-state index is 13.1. The average molecular weight is 828 g/mol. The summed E-state index contributed by atoms with van der Waals surface area (Å²) >= 11 is 6.46. The Morgan fingerprint density at radius 1 is 0.914 bits per heavy atom. The summed E-state index contributed by atoms with van der Waals surface area (Å²) in [5, 5.41) is 17.2. The molecule has 0 saturated carbocycles. The maximum Gasteiger partial charge on any atom is 0.255 e. The predicted octanol–water partition coefficient (Wildman–Crippen LogP) is 6.48. The van der Waals surface area contributed by atoms with Crippen LogP contribution in [0, 0.1) is 0 Å². The van der Waals surface area contributed by atoms with Gasteiger partial charge in [-0.05, 0) is 88.4 Å². The second-order valence-corrected chi connectivity index (χ2v) is 18.9. The molecule has 58 heavy (non-hydrogen) atoms. The monoisotopic (exact) mass is 827 g/mol. The number of amides is 3. The summed E-state index contributed by atoms with van der Waals surface area (Å²) in [5.41, 5.74) is 4.96. The van der Waals surface area contributed by atoms with Gasteiger partial charge >= 0.3 is 0 Å². The molecular weight excluding hydrogens is 777 g/mol. The van der Waals surface area contributed by atoms with E-state index in [9.17, 15) is 18.9 Å². The first-order valence-electron chi connectivity index (χ1n) is 19.9. The summed E-state index contributed by atoms with van der Waals surface area (Å²) < 4.78 is 18.7. The quantitative estimate of drug-likeness (QED) is 0.0475. The fourth-order valence-electron chi connectivity index (χ4n) is 7.84. The number of benzene rings is 3. The molecule has 0 aliphatic carbocycles. The number of ether oxygens (including phenoxy) is 1. The molecule has 1 unspecified atom stereocenters. The summed E-state index contributed by atoms with van der Waals surface area (Å²) in [7, 11) is -0.900. The molecule has 4 aromatic rings. The summed E-state index contributed by atoms with van der Waals surface area (Å²) in [6.45, 7) is 7.45. The molecule has 0 spiro atoms. The predicted molar refractivity (Wildman–Crippen MR) is 230 cm³/mol. The Morgan fingerprint density at radius 2 is 1.69 bits per heavy atom. The van der Waals surface area contributed by atoms with Crippen molar-refractivity contribution in [2.75, 3.05) is 67.5 Å². The van der Waals surface area contributed by atoms with E-state index in [4.69, 9.17) is 16.3 Å². The van der Waals surface area contributed by atoms with Gasteiger partial charge in [0.15, 0.2) is 5.82 Å². The van der Waals surface area contributed by atoms with E-state index < -0.39 is 19.1 Å². The number of anilines is 6. The molecule has 3 amide bonds. The van der Waals surface area contributed by atoms with Crippen LogP contribution in [0.3, 0.4) is 0 Å². The van der Waals surface area contributed by atoms with E-state index >= 15 is 0 Å². The van der Waals surface area contributed by atoms with Crippen molar-refractivity contribution in [2.45, 2.75) is 63.6 Å². The Labute approximate surface area is 344 Å². The molecule has 3 aliphatic rings. The number of rotatable bonds is 16. The number of para-hydroxylation sites is 1. The molecule has 14 nitrogen and oxygen atoms in total. The van der Waals surface area contributed by atoms with Crippen LogP contribution in [-0.2, 0) is 20.7 Å². The molecule has 1 atom stereocenters. The first-order valence-corrected chi connectivity index (χ1v) is 22.8. The molecule has 2 fully saturated rings. The van der Waals surface area contributed by atoms with Gasteiger partial charge in [-0.25, -0.2) is 4.98 Å². The third-order valence-electron chi connectivity index (χ3n) is 11.0. The standard InChI is InChI=1S/C42H51ClN9O5P/c1-57-36-24-28(14-15-33(36)48-42-46-25-31(43)39(50-42)47-34-11-5-6-13-37(34)58(2,3)56)51-22-18-27(19-23-51)44-20-7-4-8-21-45-32-12-9-10-29-30(32)26-52(41(29)55)35-16-17-38(53)49-40(35)54/h5-6,9-15,24-25,27,35,44-45H,4,7-8,16-23,26H2,1-3H3,(H,49,53,54)(H2,46,47,48,50). The fraction of sp³-hybridized carbons (Fsp3) is 0.405. The molecule has 2 saturated heterocycles. The highest BCUT2D eigenvalue weighted by molar-refractivity contribution is 7.70. The molecular formula is C42H51ClN9O5P. The normalized spacial score (nSPS) is 17.2. The number of unbranched alkanes of at least 4 members (excludes halogenated alkanes) is 2. The number of methoxy groups -OCH3 is 1. The van der Waals surface area contributed by atoms with Crippen molar-refractivity contribution in [2.24, 2.45) is 0 Å². The number of piperidine rings is 2. The third-order valence-corrected chi connectivity index (χ3v) is 12.8. The lowest BCUT2D eigenvalue weighted by Crippen LogP contribution is -2.52. The van der Waals surface area contributed by atoms with Crippen molar-refractivity contribution in [3.05, 3.63) is 83.0 Å². The van der Waals surface area contributed by atoms with Crippen LogP contribution in [0.2, 0.25) is 5.02 Å². The number of halogens is 1. The van der Waals surface area contributed by atoms with Crippen LogP contribution in [0.5, 0.6) is 5.75 Å². The number of fused-ring (bicyclic) bond motifs is 1. The Morgan fingerprint density at radius 3 is 2.47 bits per heavy atom. The summed E-state index contributed by atoms with van der Waals surface area (Å²) in [6, 6.07) is 19.0. The second kappa shape index (κ2) is 18.2. The molecule has 1 aromatic heterocycles. The number of hydrogen-bond donors (Lipinski definition) is 5. The van der Waals surface area contributed by atoms with Gasteiger partial charge < -0.3 is 40.4 Å². The van der Waals surface area contributed by atoms with Crippen molar-refractivity contribution in [3.8, 4) is 5.75 Å². The van der Waals surface area contributed by atoms with Gasteiger partial charge in [0.05, 0.1) is 24.7 Å². The zero-order valence-corrected chi connectivity index (χ0v) is 34.8. The van der Waals surface area contributed by atoms with Gasteiger partial charge in [0.1, 0.15) is 24.0 Å². The van der Waals surface area contributed by atoms with Gasteiger partial charge in [-0.15, -0.1) is 0 Å². The molecule has 306 valence electrons. The number of carbonyl (C=O) groups excluding carboxylic acids is 3. The number of imide groups is 1. The van der Waals surface area contributed by atoms with Crippen LogP contribution in [0.15, 0.2) is 66.9 Å². The molecule has 3 aliphatic heterocycles. The fourth-order valence-corrected chi connectivity index (χ4v) is 9.13. The molecule has 16 heteroatoms. The van der Waals surface area contributed by atoms with E-state index in [0.717, 1.165) is 80.9 Å². The van der Waals surface area contributed by atoms with Gasteiger partial charge in [-0.1, -0.05) is 36.2 Å². The second-order valence-electron chi connectivity index (χ2n) is 15.3. The zero-order chi connectivity index (χ0) is 40.8. The number of nitrogens with zero attached hydrogens (tertiary/aromatic N) is 4. The van der Waals surface area contributed by atoms with Gasteiger partial charge in [-0.3, -0.25) is 19.7 Å². The van der Waals surface area contributed by atoms with E-state index in [1.807, 2.05) is 54.6 Å².